The second-order valence-electron chi connectivity index (χ2n) is 7.12. The van der Waals surface area contributed by atoms with Gasteiger partial charge < -0.3 is 9.88 Å². The molecule has 0 spiro atoms. The Morgan fingerprint density at radius 1 is 0.903 bits per heavy atom. The molecule has 0 fully saturated rings. The summed E-state index contributed by atoms with van der Waals surface area (Å²) in [5.41, 5.74) is 2.94. The van der Waals surface area contributed by atoms with Crippen LogP contribution in [0.2, 0.25) is 0 Å². The molecule has 0 saturated heterocycles. The number of carbonyl (C=O) groups is 2. The Bertz CT molecular complexity index is 1200. The lowest BCUT2D eigenvalue weighted by atomic mass is 9.98. The quantitative estimate of drug-likeness (QED) is 0.461. The average molecular weight is 413 g/mol. The van der Waals surface area contributed by atoms with Gasteiger partial charge in [-0.15, -0.1) is 0 Å². The fraction of sp³-hybridized carbons (Fsp3) is 0.0800. The molecule has 154 valence electrons. The Kier molecular flexibility index (Phi) is 5.98. The molecule has 0 saturated carbocycles. The number of carbonyl (C=O) groups excluding carboxylic acids is 2. The van der Waals surface area contributed by atoms with Crippen LogP contribution < -0.4 is 5.32 Å². The van der Waals surface area contributed by atoms with E-state index >= 15 is 0 Å². The molecule has 0 unspecified atom stereocenters. The Morgan fingerprint density at radius 3 is 2.39 bits per heavy atom. The van der Waals surface area contributed by atoms with Crippen LogP contribution in [0.4, 0.5) is 4.39 Å². The standard InChI is InChI=1S/C25H20FN3O2/c26-21-10-8-20(9-11-21)24(30)22-6-1-2-7-23(22)25(31)28-15-18-4-3-5-19(14-18)16-29-13-12-27-17-29/h1-14,17H,15-16H2,(H,28,31). The van der Waals surface area contributed by atoms with Crippen molar-refractivity contribution in [1.29, 1.82) is 0 Å². The summed E-state index contributed by atoms with van der Waals surface area (Å²) >= 11 is 0. The Hall–Kier alpha value is -4.06. The van der Waals surface area contributed by atoms with Crippen molar-refractivity contribution < 1.29 is 14.0 Å². The molecule has 4 aromatic rings. The van der Waals surface area contributed by atoms with E-state index in [4.69, 9.17) is 0 Å². The van der Waals surface area contributed by atoms with E-state index in [-0.39, 0.29) is 22.8 Å². The van der Waals surface area contributed by atoms with Gasteiger partial charge in [0.05, 0.1) is 11.9 Å². The number of hydrogen-bond donors (Lipinski definition) is 1. The lowest BCUT2D eigenvalue weighted by Gasteiger charge is -2.11. The number of hydrogen-bond acceptors (Lipinski definition) is 3. The van der Waals surface area contributed by atoms with Crippen LogP contribution in [0.3, 0.4) is 0 Å². The second-order valence-corrected chi connectivity index (χ2v) is 7.12. The summed E-state index contributed by atoms with van der Waals surface area (Å²) in [5, 5.41) is 2.89. The molecule has 1 aromatic heterocycles. The van der Waals surface area contributed by atoms with Gasteiger partial charge in [-0.05, 0) is 41.5 Å². The van der Waals surface area contributed by atoms with E-state index in [1.165, 1.54) is 24.3 Å². The molecule has 4 rings (SSSR count). The number of halogens is 1. The van der Waals surface area contributed by atoms with E-state index in [1.807, 2.05) is 35.0 Å². The summed E-state index contributed by atoms with van der Waals surface area (Å²) in [4.78, 5) is 29.7. The van der Waals surface area contributed by atoms with Gasteiger partial charge in [-0.25, -0.2) is 9.37 Å². The summed E-state index contributed by atoms with van der Waals surface area (Å²) < 4.78 is 15.1. The highest BCUT2D eigenvalue weighted by Gasteiger charge is 2.18. The molecule has 0 radical (unpaired) electrons. The Labute approximate surface area is 179 Å². The van der Waals surface area contributed by atoms with Crippen LogP contribution in [0.1, 0.15) is 37.4 Å². The van der Waals surface area contributed by atoms with Gasteiger partial charge in [-0.3, -0.25) is 9.59 Å². The zero-order valence-electron chi connectivity index (χ0n) is 16.7. The zero-order chi connectivity index (χ0) is 21.6. The van der Waals surface area contributed by atoms with Crippen molar-refractivity contribution in [3.63, 3.8) is 0 Å². The number of rotatable bonds is 7. The van der Waals surface area contributed by atoms with Gasteiger partial charge in [0, 0.05) is 36.6 Å². The first-order valence-electron chi connectivity index (χ1n) is 9.81. The van der Waals surface area contributed by atoms with E-state index in [1.54, 1.807) is 36.8 Å². The average Bonchev–Trinajstić information content (AvgIpc) is 3.31. The van der Waals surface area contributed by atoms with Gasteiger partial charge in [0.2, 0.25) is 0 Å². The summed E-state index contributed by atoms with van der Waals surface area (Å²) in [5.74, 6) is -1.09. The van der Waals surface area contributed by atoms with Crippen LogP contribution >= 0.6 is 0 Å². The number of nitrogens with zero attached hydrogens (tertiary/aromatic N) is 2. The third kappa shape index (κ3) is 4.93. The normalized spacial score (nSPS) is 10.6. The topological polar surface area (TPSA) is 64.0 Å². The summed E-state index contributed by atoms with van der Waals surface area (Å²) in [6.45, 7) is 1.02. The molecule has 3 aromatic carbocycles. The number of ketones is 1. The molecule has 5 nitrogen and oxygen atoms in total. The van der Waals surface area contributed by atoms with Crippen LogP contribution in [0.25, 0.3) is 0 Å². The number of aromatic nitrogens is 2. The monoisotopic (exact) mass is 413 g/mol. The minimum absolute atomic E-state index is 0.278. The van der Waals surface area contributed by atoms with E-state index in [2.05, 4.69) is 10.3 Å². The first-order chi connectivity index (χ1) is 15.1. The molecule has 31 heavy (non-hydrogen) atoms. The number of amides is 1. The van der Waals surface area contributed by atoms with E-state index < -0.39 is 5.82 Å². The predicted molar refractivity (Wildman–Crippen MR) is 115 cm³/mol. The zero-order valence-corrected chi connectivity index (χ0v) is 16.7. The second kappa shape index (κ2) is 9.17. The van der Waals surface area contributed by atoms with Crippen LogP contribution in [0, 0.1) is 5.82 Å². The van der Waals surface area contributed by atoms with Gasteiger partial charge >= 0.3 is 0 Å². The van der Waals surface area contributed by atoms with E-state index in [0.717, 1.165) is 11.1 Å². The van der Waals surface area contributed by atoms with Crippen LogP contribution in [0.5, 0.6) is 0 Å². The molecule has 0 aliphatic rings. The Balaban J connectivity index is 1.47. The highest BCUT2D eigenvalue weighted by atomic mass is 19.1. The van der Waals surface area contributed by atoms with Crippen molar-refractivity contribution in [1.82, 2.24) is 14.9 Å². The number of imidazole rings is 1. The molecule has 6 heteroatoms. The van der Waals surface area contributed by atoms with Gasteiger partial charge in [-0.1, -0.05) is 42.5 Å². The Morgan fingerprint density at radius 2 is 1.65 bits per heavy atom. The number of nitrogens with one attached hydrogen (secondary N) is 1. The first-order valence-corrected chi connectivity index (χ1v) is 9.81. The molecular formula is C25H20FN3O2. The molecule has 1 heterocycles. The van der Waals surface area contributed by atoms with Crippen molar-refractivity contribution in [2.75, 3.05) is 0 Å². The lowest BCUT2D eigenvalue weighted by Crippen LogP contribution is -2.25. The molecule has 1 amide bonds. The molecule has 1 N–H and O–H groups in total. The maximum Gasteiger partial charge on any atom is 0.252 e. The van der Waals surface area contributed by atoms with E-state index in [0.29, 0.717) is 18.7 Å². The first kappa shape index (κ1) is 20.2. The molecular weight excluding hydrogens is 393 g/mol. The lowest BCUT2D eigenvalue weighted by molar-refractivity contribution is 0.0939. The molecule has 0 bridgehead atoms. The van der Waals surface area contributed by atoms with Crippen LogP contribution in [-0.2, 0) is 13.1 Å². The number of benzene rings is 3. The van der Waals surface area contributed by atoms with Crippen molar-refractivity contribution >= 4 is 11.7 Å². The van der Waals surface area contributed by atoms with Crippen molar-refractivity contribution in [2.24, 2.45) is 0 Å². The SMILES string of the molecule is O=C(NCc1cccc(Cn2ccnc2)c1)c1ccccc1C(=O)c1ccc(F)cc1. The maximum absolute atomic E-state index is 13.2. The van der Waals surface area contributed by atoms with Crippen LogP contribution in [-0.4, -0.2) is 21.2 Å². The van der Waals surface area contributed by atoms with Gasteiger partial charge in [0.25, 0.3) is 5.91 Å². The van der Waals surface area contributed by atoms with Crippen LogP contribution in [0.15, 0.2) is 91.5 Å². The van der Waals surface area contributed by atoms with Gasteiger partial charge in [-0.2, -0.15) is 0 Å². The van der Waals surface area contributed by atoms with Gasteiger partial charge in [0.1, 0.15) is 5.82 Å². The summed E-state index contributed by atoms with van der Waals surface area (Å²) in [7, 11) is 0. The molecule has 0 aliphatic heterocycles. The van der Waals surface area contributed by atoms with Crippen molar-refractivity contribution in [3.05, 3.63) is 125 Å². The van der Waals surface area contributed by atoms with Crippen molar-refractivity contribution in [2.45, 2.75) is 13.1 Å². The molecule has 0 atom stereocenters. The predicted octanol–water partition coefficient (Wildman–Crippen LogP) is 4.23. The van der Waals surface area contributed by atoms with E-state index in [9.17, 15) is 14.0 Å². The van der Waals surface area contributed by atoms with Crippen molar-refractivity contribution in [3.8, 4) is 0 Å². The smallest absolute Gasteiger partial charge is 0.252 e. The minimum Gasteiger partial charge on any atom is -0.348 e. The van der Waals surface area contributed by atoms with Gasteiger partial charge in [0.15, 0.2) is 5.78 Å². The largest absolute Gasteiger partial charge is 0.348 e. The maximum atomic E-state index is 13.2. The third-order valence-corrected chi connectivity index (χ3v) is 4.89. The minimum atomic E-state index is -0.419. The fourth-order valence-electron chi connectivity index (χ4n) is 3.34. The fourth-order valence-corrected chi connectivity index (χ4v) is 3.34. The molecule has 0 aliphatic carbocycles. The third-order valence-electron chi connectivity index (χ3n) is 4.89. The summed E-state index contributed by atoms with van der Waals surface area (Å²) in [6, 6.07) is 19.8. The summed E-state index contributed by atoms with van der Waals surface area (Å²) in [6.07, 6.45) is 5.38. The highest BCUT2D eigenvalue weighted by Crippen LogP contribution is 2.16. The highest BCUT2D eigenvalue weighted by molar-refractivity contribution is 6.15.